The molecule has 0 aliphatic heterocycles. The van der Waals surface area contributed by atoms with Gasteiger partial charge in [-0.05, 0) is 63.6 Å². The van der Waals surface area contributed by atoms with Crippen LogP contribution in [-0.2, 0) is 11.3 Å². The van der Waals surface area contributed by atoms with E-state index in [9.17, 15) is 4.79 Å². The van der Waals surface area contributed by atoms with Gasteiger partial charge in [0, 0.05) is 5.56 Å². The summed E-state index contributed by atoms with van der Waals surface area (Å²) in [4.78, 5) is 17.2. The topological polar surface area (TPSA) is 92.3 Å². The van der Waals surface area contributed by atoms with Crippen LogP contribution < -0.4 is 4.74 Å². The van der Waals surface area contributed by atoms with E-state index in [1.165, 1.54) is 0 Å². The van der Waals surface area contributed by atoms with Crippen molar-refractivity contribution in [3.63, 3.8) is 0 Å². The molecule has 0 radical (unpaired) electrons. The maximum Gasteiger partial charge on any atom is 0.361 e. The van der Waals surface area contributed by atoms with Crippen molar-refractivity contribution in [3.8, 4) is 22.9 Å². The minimum absolute atomic E-state index is 0.0185. The summed E-state index contributed by atoms with van der Waals surface area (Å²) in [6, 6.07) is 15.2. The first-order valence-electron chi connectivity index (χ1n) is 10.3. The number of hydrogen-bond donors (Lipinski definition) is 0. The average Bonchev–Trinajstić information content (AvgIpc) is 3.35. The zero-order valence-electron chi connectivity index (χ0n) is 18.5. The predicted molar refractivity (Wildman–Crippen MR) is 118 cm³/mol. The zero-order valence-corrected chi connectivity index (χ0v) is 18.5. The van der Waals surface area contributed by atoms with Crippen LogP contribution in [0.4, 0.5) is 0 Å². The van der Waals surface area contributed by atoms with E-state index in [-0.39, 0.29) is 12.3 Å². The van der Waals surface area contributed by atoms with Crippen LogP contribution in [0.1, 0.15) is 40.1 Å². The van der Waals surface area contributed by atoms with Gasteiger partial charge in [0.05, 0.1) is 18.0 Å². The maximum atomic E-state index is 12.6. The fourth-order valence-corrected chi connectivity index (χ4v) is 3.31. The van der Waals surface area contributed by atoms with Crippen molar-refractivity contribution in [2.45, 2.75) is 34.3 Å². The van der Waals surface area contributed by atoms with Crippen LogP contribution in [0.3, 0.4) is 0 Å². The molecule has 0 spiro atoms. The molecule has 8 heteroatoms. The van der Waals surface area contributed by atoms with E-state index in [2.05, 4.69) is 15.3 Å². The predicted octanol–water partition coefficient (Wildman–Crippen LogP) is 4.60. The number of esters is 1. The average molecular weight is 432 g/mol. The third kappa shape index (κ3) is 4.25. The molecule has 4 aromatic rings. The molecule has 0 fully saturated rings. The van der Waals surface area contributed by atoms with Gasteiger partial charge in [0.1, 0.15) is 23.8 Å². The second-order valence-corrected chi connectivity index (χ2v) is 7.28. The molecule has 0 bridgehead atoms. The fourth-order valence-electron chi connectivity index (χ4n) is 3.31. The van der Waals surface area contributed by atoms with Gasteiger partial charge >= 0.3 is 5.97 Å². The number of hydrogen-bond acceptors (Lipinski definition) is 7. The molecule has 0 amide bonds. The number of ether oxygens (including phenoxy) is 2. The lowest BCUT2D eigenvalue weighted by molar-refractivity contribution is 0.0459. The molecule has 0 saturated carbocycles. The molecule has 0 saturated heterocycles. The standard InChI is InChI=1S/C24H24N4O4/c1-5-30-19-12-10-18(11-13-19)28-16(3)22(26-27-28)24(29)31-14-21-17(4)32-23(25-21)20-9-7-6-8-15(20)2/h6-13H,5,14H2,1-4H3. The van der Waals surface area contributed by atoms with Crippen LogP contribution in [0.25, 0.3) is 17.1 Å². The van der Waals surface area contributed by atoms with Crippen LogP contribution in [0.2, 0.25) is 0 Å². The summed E-state index contributed by atoms with van der Waals surface area (Å²) in [6.45, 7) is 8.06. The van der Waals surface area contributed by atoms with Crippen molar-refractivity contribution < 1.29 is 18.7 Å². The number of nitrogens with zero attached hydrogens (tertiary/aromatic N) is 4. The van der Waals surface area contributed by atoms with E-state index >= 15 is 0 Å². The first-order valence-corrected chi connectivity index (χ1v) is 10.3. The zero-order chi connectivity index (χ0) is 22.7. The van der Waals surface area contributed by atoms with Crippen LogP contribution in [0.15, 0.2) is 52.9 Å². The number of rotatable bonds is 7. The Labute approximate surface area is 185 Å². The number of aromatic nitrogens is 4. The van der Waals surface area contributed by atoms with Gasteiger partial charge in [0.15, 0.2) is 5.69 Å². The first kappa shape index (κ1) is 21.3. The van der Waals surface area contributed by atoms with E-state index in [0.29, 0.717) is 29.6 Å². The summed E-state index contributed by atoms with van der Waals surface area (Å²) < 4.78 is 18.3. The highest BCUT2D eigenvalue weighted by atomic mass is 16.5. The Morgan fingerprint density at radius 1 is 1.06 bits per heavy atom. The molecular weight excluding hydrogens is 408 g/mol. The molecular formula is C24H24N4O4. The SMILES string of the molecule is CCOc1ccc(-n2nnc(C(=O)OCc3nc(-c4ccccc4C)oc3C)c2C)cc1. The molecule has 2 aromatic carbocycles. The summed E-state index contributed by atoms with van der Waals surface area (Å²) in [7, 11) is 0. The normalized spacial score (nSPS) is 10.9. The fraction of sp³-hybridized carbons (Fsp3) is 0.250. The number of carbonyl (C=O) groups is 1. The molecule has 32 heavy (non-hydrogen) atoms. The smallest absolute Gasteiger partial charge is 0.361 e. The third-order valence-corrected chi connectivity index (χ3v) is 5.09. The van der Waals surface area contributed by atoms with Crippen molar-refractivity contribution in [3.05, 3.63) is 76.9 Å². The van der Waals surface area contributed by atoms with E-state index in [4.69, 9.17) is 13.9 Å². The summed E-state index contributed by atoms with van der Waals surface area (Å²) in [5.41, 5.74) is 4.03. The van der Waals surface area contributed by atoms with Crippen LogP contribution in [0, 0.1) is 20.8 Å². The lowest BCUT2D eigenvalue weighted by Gasteiger charge is -2.06. The highest BCUT2D eigenvalue weighted by Crippen LogP contribution is 2.25. The molecule has 2 heterocycles. The summed E-state index contributed by atoms with van der Waals surface area (Å²) >= 11 is 0. The van der Waals surface area contributed by atoms with Gasteiger partial charge in [0.25, 0.3) is 0 Å². The quantitative estimate of drug-likeness (QED) is 0.394. The summed E-state index contributed by atoms with van der Waals surface area (Å²) in [5, 5.41) is 8.11. The molecule has 0 unspecified atom stereocenters. The third-order valence-electron chi connectivity index (χ3n) is 5.09. The molecule has 0 N–H and O–H groups in total. The van der Waals surface area contributed by atoms with E-state index in [0.717, 1.165) is 22.6 Å². The second kappa shape index (κ2) is 9.05. The van der Waals surface area contributed by atoms with Crippen molar-refractivity contribution in [1.82, 2.24) is 20.0 Å². The number of benzene rings is 2. The molecule has 0 aliphatic rings. The Balaban J connectivity index is 1.47. The number of aryl methyl sites for hydroxylation is 2. The monoisotopic (exact) mass is 432 g/mol. The highest BCUT2D eigenvalue weighted by Gasteiger charge is 2.21. The number of carbonyl (C=O) groups excluding carboxylic acids is 1. The van der Waals surface area contributed by atoms with Gasteiger partial charge < -0.3 is 13.9 Å². The Hall–Kier alpha value is -3.94. The van der Waals surface area contributed by atoms with Gasteiger partial charge in [-0.1, -0.05) is 23.4 Å². The van der Waals surface area contributed by atoms with Crippen molar-refractivity contribution >= 4 is 5.97 Å². The molecule has 0 atom stereocenters. The maximum absolute atomic E-state index is 12.6. The molecule has 8 nitrogen and oxygen atoms in total. The second-order valence-electron chi connectivity index (χ2n) is 7.28. The summed E-state index contributed by atoms with van der Waals surface area (Å²) in [6.07, 6.45) is 0. The van der Waals surface area contributed by atoms with Crippen LogP contribution in [-0.4, -0.2) is 32.6 Å². The lowest BCUT2D eigenvalue weighted by atomic mass is 10.1. The van der Waals surface area contributed by atoms with E-state index < -0.39 is 5.97 Å². The Bertz CT molecular complexity index is 1240. The first-order chi connectivity index (χ1) is 15.5. The summed E-state index contributed by atoms with van der Waals surface area (Å²) in [5.74, 6) is 1.30. The molecule has 0 aliphatic carbocycles. The van der Waals surface area contributed by atoms with Gasteiger partial charge in [-0.3, -0.25) is 0 Å². The van der Waals surface area contributed by atoms with E-state index in [1.807, 2.05) is 62.4 Å². The van der Waals surface area contributed by atoms with Crippen molar-refractivity contribution in [1.29, 1.82) is 0 Å². The number of oxazole rings is 1. The molecule has 4 rings (SSSR count). The highest BCUT2D eigenvalue weighted by molar-refractivity contribution is 5.88. The van der Waals surface area contributed by atoms with Crippen LogP contribution in [0.5, 0.6) is 5.75 Å². The minimum Gasteiger partial charge on any atom is -0.494 e. The van der Waals surface area contributed by atoms with Gasteiger partial charge in [-0.25, -0.2) is 14.5 Å². The van der Waals surface area contributed by atoms with Crippen molar-refractivity contribution in [2.75, 3.05) is 6.61 Å². The van der Waals surface area contributed by atoms with Gasteiger partial charge in [0.2, 0.25) is 5.89 Å². The molecule has 164 valence electrons. The Morgan fingerprint density at radius 3 is 2.53 bits per heavy atom. The van der Waals surface area contributed by atoms with Crippen molar-refractivity contribution in [2.24, 2.45) is 0 Å². The van der Waals surface area contributed by atoms with Gasteiger partial charge in [-0.2, -0.15) is 0 Å². The van der Waals surface area contributed by atoms with E-state index in [1.54, 1.807) is 18.5 Å². The van der Waals surface area contributed by atoms with Crippen LogP contribution >= 0.6 is 0 Å². The van der Waals surface area contributed by atoms with Gasteiger partial charge in [-0.15, -0.1) is 5.10 Å². The molecule has 2 aromatic heterocycles. The lowest BCUT2D eigenvalue weighted by Crippen LogP contribution is -2.09. The largest absolute Gasteiger partial charge is 0.494 e. The minimum atomic E-state index is -0.570. The Morgan fingerprint density at radius 2 is 1.81 bits per heavy atom. The Kier molecular flexibility index (Phi) is 6.02.